The summed E-state index contributed by atoms with van der Waals surface area (Å²) >= 11 is 0. The second-order valence-electron chi connectivity index (χ2n) is 3.97. The summed E-state index contributed by atoms with van der Waals surface area (Å²) in [6, 6.07) is 6.83. The summed E-state index contributed by atoms with van der Waals surface area (Å²) in [5, 5.41) is 0. The molecule has 0 radical (unpaired) electrons. The molecule has 0 atom stereocenters. The number of hydrogen-bond donors (Lipinski definition) is 1. The van der Waals surface area contributed by atoms with Crippen LogP contribution in [0.1, 0.15) is 5.56 Å². The SMILES string of the molecule is Cc1cncc(-c2nc3c(F)cccc3[nH]2)c1. The van der Waals surface area contributed by atoms with E-state index in [1.807, 2.05) is 13.0 Å². The van der Waals surface area contributed by atoms with Crippen LogP contribution in [-0.2, 0) is 0 Å². The Morgan fingerprint density at radius 3 is 2.88 bits per heavy atom. The van der Waals surface area contributed by atoms with Gasteiger partial charge in [-0.1, -0.05) is 6.07 Å². The van der Waals surface area contributed by atoms with Gasteiger partial charge in [0.05, 0.1) is 5.52 Å². The van der Waals surface area contributed by atoms with Crippen molar-refractivity contribution in [3.05, 3.63) is 48.0 Å². The number of rotatable bonds is 1. The molecule has 0 aliphatic rings. The molecule has 0 aliphatic carbocycles. The van der Waals surface area contributed by atoms with Gasteiger partial charge in [0, 0.05) is 18.0 Å². The molecule has 2 aromatic heterocycles. The maximum absolute atomic E-state index is 13.5. The molecule has 0 unspecified atom stereocenters. The van der Waals surface area contributed by atoms with Crippen LogP contribution in [0.4, 0.5) is 4.39 Å². The lowest BCUT2D eigenvalue weighted by molar-refractivity contribution is 0.637. The van der Waals surface area contributed by atoms with Crippen LogP contribution >= 0.6 is 0 Å². The van der Waals surface area contributed by atoms with E-state index in [-0.39, 0.29) is 5.82 Å². The summed E-state index contributed by atoms with van der Waals surface area (Å²) in [6.07, 6.45) is 3.48. The van der Waals surface area contributed by atoms with Crippen LogP contribution in [-0.4, -0.2) is 15.0 Å². The van der Waals surface area contributed by atoms with Crippen molar-refractivity contribution in [3.8, 4) is 11.4 Å². The van der Waals surface area contributed by atoms with E-state index in [1.54, 1.807) is 24.5 Å². The van der Waals surface area contributed by atoms with Crippen molar-refractivity contribution in [2.75, 3.05) is 0 Å². The van der Waals surface area contributed by atoms with Crippen LogP contribution in [0.25, 0.3) is 22.4 Å². The first-order valence-corrected chi connectivity index (χ1v) is 5.30. The molecule has 4 heteroatoms. The van der Waals surface area contributed by atoms with Gasteiger partial charge in [-0.15, -0.1) is 0 Å². The molecule has 1 N–H and O–H groups in total. The van der Waals surface area contributed by atoms with Gasteiger partial charge >= 0.3 is 0 Å². The highest BCUT2D eigenvalue weighted by molar-refractivity contribution is 5.79. The maximum Gasteiger partial charge on any atom is 0.151 e. The van der Waals surface area contributed by atoms with Gasteiger partial charge in [0.1, 0.15) is 11.3 Å². The zero-order valence-electron chi connectivity index (χ0n) is 9.24. The number of pyridine rings is 1. The number of halogens is 1. The molecular formula is C13H10FN3. The number of nitrogens with zero attached hydrogens (tertiary/aromatic N) is 2. The normalized spacial score (nSPS) is 10.9. The van der Waals surface area contributed by atoms with E-state index in [2.05, 4.69) is 15.0 Å². The van der Waals surface area contributed by atoms with E-state index in [0.29, 0.717) is 16.9 Å². The molecule has 0 saturated heterocycles. The summed E-state index contributed by atoms with van der Waals surface area (Å²) in [5.41, 5.74) is 2.97. The second kappa shape index (κ2) is 3.66. The Bertz CT molecular complexity index is 688. The number of fused-ring (bicyclic) bond motifs is 1. The third kappa shape index (κ3) is 1.67. The molecular weight excluding hydrogens is 217 g/mol. The van der Waals surface area contributed by atoms with Gasteiger partial charge < -0.3 is 4.98 Å². The summed E-state index contributed by atoms with van der Waals surface area (Å²) < 4.78 is 13.5. The highest BCUT2D eigenvalue weighted by atomic mass is 19.1. The highest BCUT2D eigenvalue weighted by Crippen LogP contribution is 2.21. The van der Waals surface area contributed by atoms with Crippen LogP contribution in [0, 0.1) is 12.7 Å². The lowest BCUT2D eigenvalue weighted by atomic mass is 10.2. The van der Waals surface area contributed by atoms with Crippen molar-refractivity contribution in [2.24, 2.45) is 0 Å². The van der Waals surface area contributed by atoms with Gasteiger partial charge in [0.2, 0.25) is 0 Å². The number of aryl methyl sites for hydroxylation is 1. The van der Waals surface area contributed by atoms with Crippen LogP contribution in [0.15, 0.2) is 36.7 Å². The van der Waals surface area contributed by atoms with Crippen LogP contribution in [0.3, 0.4) is 0 Å². The Balaban J connectivity index is 2.22. The van der Waals surface area contributed by atoms with Crippen molar-refractivity contribution >= 4 is 11.0 Å². The molecule has 3 aromatic rings. The number of aromatic nitrogens is 3. The molecule has 0 aliphatic heterocycles. The zero-order valence-corrected chi connectivity index (χ0v) is 9.24. The molecule has 0 fully saturated rings. The average molecular weight is 227 g/mol. The number of hydrogen-bond acceptors (Lipinski definition) is 2. The first-order chi connectivity index (χ1) is 8.24. The number of para-hydroxylation sites is 1. The van der Waals surface area contributed by atoms with Gasteiger partial charge in [-0.3, -0.25) is 4.98 Å². The molecule has 0 bridgehead atoms. The van der Waals surface area contributed by atoms with E-state index in [9.17, 15) is 4.39 Å². The first kappa shape index (κ1) is 9.96. The minimum atomic E-state index is -0.314. The molecule has 0 spiro atoms. The second-order valence-corrected chi connectivity index (χ2v) is 3.97. The lowest BCUT2D eigenvalue weighted by Gasteiger charge is -1.96. The fraction of sp³-hybridized carbons (Fsp3) is 0.0769. The monoisotopic (exact) mass is 227 g/mol. The molecule has 2 heterocycles. The van der Waals surface area contributed by atoms with E-state index in [4.69, 9.17) is 0 Å². The van der Waals surface area contributed by atoms with Crippen molar-refractivity contribution in [3.63, 3.8) is 0 Å². The van der Waals surface area contributed by atoms with Crippen molar-refractivity contribution in [2.45, 2.75) is 6.92 Å². The number of imidazole rings is 1. The number of aromatic amines is 1. The molecule has 0 saturated carbocycles. The summed E-state index contributed by atoms with van der Waals surface area (Å²) in [4.78, 5) is 11.4. The van der Waals surface area contributed by atoms with E-state index < -0.39 is 0 Å². The van der Waals surface area contributed by atoms with Gasteiger partial charge in [0.15, 0.2) is 5.82 Å². The Morgan fingerprint density at radius 1 is 1.24 bits per heavy atom. The van der Waals surface area contributed by atoms with Crippen LogP contribution < -0.4 is 0 Å². The van der Waals surface area contributed by atoms with Gasteiger partial charge in [-0.2, -0.15) is 0 Å². The Labute approximate surface area is 97.3 Å². The fourth-order valence-corrected chi connectivity index (χ4v) is 1.82. The minimum absolute atomic E-state index is 0.314. The maximum atomic E-state index is 13.5. The average Bonchev–Trinajstić information content (AvgIpc) is 2.74. The van der Waals surface area contributed by atoms with Crippen LogP contribution in [0.5, 0.6) is 0 Å². The van der Waals surface area contributed by atoms with E-state index >= 15 is 0 Å². The summed E-state index contributed by atoms with van der Waals surface area (Å²) in [6.45, 7) is 1.96. The third-order valence-electron chi connectivity index (χ3n) is 2.61. The number of nitrogens with one attached hydrogen (secondary N) is 1. The molecule has 3 rings (SSSR count). The van der Waals surface area contributed by atoms with E-state index in [0.717, 1.165) is 11.1 Å². The lowest BCUT2D eigenvalue weighted by Crippen LogP contribution is -1.84. The zero-order chi connectivity index (χ0) is 11.8. The topological polar surface area (TPSA) is 41.6 Å². The smallest absolute Gasteiger partial charge is 0.151 e. The Morgan fingerprint density at radius 2 is 2.12 bits per heavy atom. The van der Waals surface area contributed by atoms with Crippen molar-refractivity contribution < 1.29 is 4.39 Å². The number of H-pyrrole nitrogens is 1. The third-order valence-corrected chi connectivity index (χ3v) is 2.61. The highest BCUT2D eigenvalue weighted by Gasteiger charge is 2.08. The predicted molar refractivity (Wildman–Crippen MR) is 64.0 cm³/mol. The minimum Gasteiger partial charge on any atom is -0.338 e. The van der Waals surface area contributed by atoms with Crippen LogP contribution in [0.2, 0.25) is 0 Å². The molecule has 17 heavy (non-hydrogen) atoms. The van der Waals surface area contributed by atoms with Gasteiger partial charge in [0.25, 0.3) is 0 Å². The Kier molecular flexibility index (Phi) is 2.14. The fourth-order valence-electron chi connectivity index (χ4n) is 1.82. The number of benzene rings is 1. The van der Waals surface area contributed by atoms with Gasteiger partial charge in [-0.05, 0) is 30.7 Å². The summed E-state index contributed by atoms with van der Waals surface area (Å²) in [5.74, 6) is 0.326. The van der Waals surface area contributed by atoms with E-state index in [1.165, 1.54) is 6.07 Å². The Hall–Kier alpha value is -2.23. The standard InChI is InChI=1S/C13H10FN3/c1-8-5-9(7-15-6-8)13-16-11-4-2-3-10(14)12(11)17-13/h2-7H,1H3,(H,16,17). The largest absolute Gasteiger partial charge is 0.338 e. The molecule has 84 valence electrons. The molecule has 0 amide bonds. The first-order valence-electron chi connectivity index (χ1n) is 5.30. The molecule has 1 aromatic carbocycles. The van der Waals surface area contributed by atoms with Crippen molar-refractivity contribution in [1.29, 1.82) is 0 Å². The predicted octanol–water partition coefficient (Wildman–Crippen LogP) is 3.07. The molecule has 3 nitrogen and oxygen atoms in total. The summed E-state index contributed by atoms with van der Waals surface area (Å²) in [7, 11) is 0. The quantitative estimate of drug-likeness (QED) is 0.694. The van der Waals surface area contributed by atoms with Crippen molar-refractivity contribution in [1.82, 2.24) is 15.0 Å². The van der Waals surface area contributed by atoms with Gasteiger partial charge in [-0.25, -0.2) is 9.37 Å².